The molecule has 0 unspecified atom stereocenters. The number of rotatable bonds is 3. The number of imidazole rings is 1. The smallest absolute Gasteiger partial charge is 0.258 e. The molecule has 166 valence electrons. The fraction of sp³-hybridized carbons (Fsp3) is 0.280. The number of aromatic nitrogens is 5. The van der Waals surface area contributed by atoms with Crippen LogP contribution >= 0.6 is 11.6 Å². The second-order valence-corrected chi connectivity index (χ2v) is 9.04. The van der Waals surface area contributed by atoms with E-state index in [2.05, 4.69) is 16.5 Å². The minimum atomic E-state index is -0.100. The quantitative estimate of drug-likeness (QED) is 0.395. The molecular weight excluding hydrogens is 438 g/mol. The summed E-state index contributed by atoms with van der Waals surface area (Å²) < 4.78 is 9.68. The molecule has 0 spiro atoms. The van der Waals surface area contributed by atoms with Gasteiger partial charge in [-0.15, -0.1) is 0 Å². The summed E-state index contributed by atoms with van der Waals surface area (Å²) in [4.78, 5) is 27.0. The lowest BCUT2D eigenvalue weighted by molar-refractivity contribution is 0.00631. The maximum atomic E-state index is 12.7. The van der Waals surface area contributed by atoms with Crippen LogP contribution in [0.5, 0.6) is 0 Å². The van der Waals surface area contributed by atoms with Gasteiger partial charge in [0.25, 0.3) is 5.56 Å². The van der Waals surface area contributed by atoms with Crippen molar-refractivity contribution in [2.45, 2.75) is 38.3 Å². The van der Waals surface area contributed by atoms with Crippen LogP contribution in [0.3, 0.4) is 0 Å². The van der Waals surface area contributed by atoms with Gasteiger partial charge in [0.2, 0.25) is 0 Å². The molecule has 2 atom stereocenters. The molecule has 0 radical (unpaired) electrons. The highest BCUT2D eigenvalue weighted by Crippen LogP contribution is 2.34. The molecule has 1 aromatic carbocycles. The van der Waals surface area contributed by atoms with Gasteiger partial charge in [-0.25, -0.2) is 9.97 Å². The Balaban J connectivity index is 1.57. The van der Waals surface area contributed by atoms with E-state index in [1.807, 2.05) is 42.6 Å². The van der Waals surface area contributed by atoms with Crippen LogP contribution in [0.25, 0.3) is 27.6 Å². The van der Waals surface area contributed by atoms with E-state index in [9.17, 15) is 4.79 Å². The summed E-state index contributed by atoms with van der Waals surface area (Å²) in [5.41, 5.74) is 3.93. The molecule has 4 aromatic heterocycles. The summed E-state index contributed by atoms with van der Waals surface area (Å²) in [5, 5.41) is 1.64. The van der Waals surface area contributed by atoms with Crippen molar-refractivity contribution in [2.24, 2.45) is 0 Å². The highest BCUT2D eigenvalue weighted by molar-refractivity contribution is 6.31. The summed E-state index contributed by atoms with van der Waals surface area (Å²) in [6.07, 6.45) is 5.93. The van der Waals surface area contributed by atoms with Gasteiger partial charge >= 0.3 is 0 Å². The van der Waals surface area contributed by atoms with Gasteiger partial charge in [0.1, 0.15) is 17.0 Å². The molecule has 6 rings (SSSR count). The number of pyridine rings is 2. The first kappa shape index (κ1) is 20.3. The number of nitrogens with zero attached hydrogens (tertiary/aromatic N) is 5. The fourth-order valence-corrected chi connectivity index (χ4v) is 5.05. The van der Waals surface area contributed by atoms with Gasteiger partial charge in [-0.2, -0.15) is 0 Å². The predicted molar refractivity (Wildman–Crippen MR) is 128 cm³/mol. The van der Waals surface area contributed by atoms with Crippen molar-refractivity contribution in [3.63, 3.8) is 0 Å². The zero-order valence-electron chi connectivity index (χ0n) is 18.1. The number of halogens is 1. The maximum absolute atomic E-state index is 12.7. The van der Waals surface area contributed by atoms with Crippen LogP contribution in [0, 0.1) is 0 Å². The third kappa shape index (κ3) is 3.57. The average molecular weight is 460 g/mol. The molecule has 1 saturated heterocycles. The molecule has 0 N–H and O–H groups in total. The monoisotopic (exact) mass is 459 g/mol. The lowest BCUT2D eigenvalue weighted by atomic mass is 10.0. The van der Waals surface area contributed by atoms with Gasteiger partial charge in [-0.05, 0) is 50.1 Å². The van der Waals surface area contributed by atoms with E-state index in [0.717, 1.165) is 40.6 Å². The molecule has 1 aliphatic rings. The summed E-state index contributed by atoms with van der Waals surface area (Å²) in [6.45, 7) is 2.80. The second kappa shape index (κ2) is 7.93. The Labute approximate surface area is 194 Å². The molecule has 1 aliphatic heterocycles. The Morgan fingerprint density at radius 3 is 2.94 bits per heavy atom. The first-order valence-electron chi connectivity index (χ1n) is 11.1. The minimum Gasteiger partial charge on any atom is -0.378 e. The topological polar surface area (TPSA) is 74.3 Å². The van der Waals surface area contributed by atoms with Gasteiger partial charge in [0.15, 0.2) is 0 Å². The lowest BCUT2D eigenvalue weighted by Gasteiger charge is -2.30. The SMILES string of the molecule is C[C@@H]1C[C@H](n2c(Cc3cc(=O)n4ccccc4n3)nc3cnc4ccc(Cl)cc4c32)CCO1. The van der Waals surface area contributed by atoms with Crippen molar-refractivity contribution in [1.82, 2.24) is 23.9 Å². The molecule has 0 amide bonds. The highest BCUT2D eigenvalue weighted by atomic mass is 35.5. The lowest BCUT2D eigenvalue weighted by Crippen LogP contribution is -2.27. The first-order chi connectivity index (χ1) is 16.1. The Hall–Kier alpha value is -3.29. The van der Waals surface area contributed by atoms with Crippen molar-refractivity contribution >= 4 is 39.2 Å². The Bertz CT molecular complexity index is 1570. The molecular formula is C25H22ClN5O2. The van der Waals surface area contributed by atoms with E-state index in [1.54, 1.807) is 16.7 Å². The third-order valence-corrected chi connectivity index (χ3v) is 6.57. The molecule has 0 saturated carbocycles. The number of ether oxygens (including phenoxy) is 1. The molecule has 0 aliphatic carbocycles. The summed E-state index contributed by atoms with van der Waals surface area (Å²) >= 11 is 6.37. The standard InChI is InChI=1S/C25H22ClN5O2/c1-15-10-18(7-9-33-15)31-23(12-17-13-24(32)30-8-3-2-4-22(30)28-17)29-21-14-27-20-6-5-16(26)11-19(20)25(21)31/h2-6,8,11,13-15,18H,7,9-10,12H2,1H3/t15-,18-/m1/s1. The summed E-state index contributed by atoms with van der Waals surface area (Å²) in [6, 6.07) is 13.1. The van der Waals surface area contributed by atoms with Crippen molar-refractivity contribution < 1.29 is 4.74 Å². The first-order valence-corrected chi connectivity index (χ1v) is 11.5. The highest BCUT2D eigenvalue weighted by Gasteiger charge is 2.26. The summed E-state index contributed by atoms with van der Waals surface area (Å²) in [7, 11) is 0. The minimum absolute atomic E-state index is 0.100. The van der Waals surface area contributed by atoms with Crippen LogP contribution < -0.4 is 5.56 Å². The fourth-order valence-electron chi connectivity index (χ4n) is 4.88. The van der Waals surface area contributed by atoms with E-state index in [0.29, 0.717) is 29.4 Å². The van der Waals surface area contributed by atoms with Crippen LogP contribution in [0.1, 0.15) is 37.3 Å². The number of hydrogen-bond acceptors (Lipinski definition) is 5. The summed E-state index contributed by atoms with van der Waals surface area (Å²) in [5.74, 6) is 0.866. The van der Waals surface area contributed by atoms with Crippen molar-refractivity contribution in [2.75, 3.05) is 6.61 Å². The predicted octanol–water partition coefficient (Wildman–Crippen LogP) is 4.58. The van der Waals surface area contributed by atoms with Crippen LogP contribution in [0.2, 0.25) is 5.02 Å². The van der Waals surface area contributed by atoms with Crippen molar-refractivity contribution in [3.8, 4) is 0 Å². The molecule has 5 aromatic rings. The third-order valence-electron chi connectivity index (χ3n) is 6.34. The van der Waals surface area contributed by atoms with Crippen LogP contribution in [-0.4, -0.2) is 36.6 Å². The number of benzene rings is 1. The number of hydrogen-bond donors (Lipinski definition) is 0. The Morgan fingerprint density at radius 2 is 2.06 bits per heavy atom. The van der Waals surface area contributed by atoms with Gasteiger partial charge in [0.05, 0.1) is 29.0 Å². The van der Waals surface area contributed by atoms with E-state index in [1.165, 1.54) is 0 Å². The molecule has 5 heterocycles. The average Bonchev–Trinajstić information content (AvgIpc) is 3.17. The van der Waals surface area contributed by atoms with E-state index >= 15 is 0 Å². The molecule has 8 heteroatoms. The number of fused-ring (bicyclic) bond motifs is 4. The van der Waals surface area contributed by atoms with Crippen molar-refractivity contribution in [1.29, 1.82) is 0 Å². The van der Waals surface area contributed by atoms with Gasteiger partial charge in [-0.3, -0.25) is 14.2 Å². The van der Waals surface area contributed by atoms with E-state index in [-0.39, 0.29) is 17.7 Å². The molecule has 1 fully saturated rings. The maximum Gasteiger partial charge on any atom is 0.258 e. The van der Waals surface area contributed by atoms with E-state index < -0.39 is 0 Å². The van der Waals surface area contributed by atoms with Gasteiger partial charge in [-0.1, -0.05) is 17.7 Å². The molecule has 7 nitrogen and oxygen atoms in total. The molecule has 0 bridgehead atoms. The zero-order chi connectivity index (χ0) is 22.5. The molecule has 33 heavy (non-hydrogen) atoms. The van der Waals surface area contributed by atoms with Crippen LogP contribution in [-0.2, 0) is 11.2 Å². The van der Waals surface area contributed by atoms with Crippen LogP contribution in [0.4, 0.5) is 0 Å². The van der Waals surface area contributed by atoms with Crippen LogP contribution in [0.15, 0.2) is 59.7 Å². The van der Waals surface area contributed by atoms with E-state index in [4.69, 9.17) is 26.3 Å². The van der Waals surface area contributed by atoms with Gasteiger partial charge in [0, 0.05) is 41.7 Å². The second-order valence-electron chi connectivity index (χ2n) is 8.60. The Kier molecular flexibility index (Phi) is 4.89. The Morgan fingerprint density at radius 1 is 1.15 bits per heavy atom. The van der Waals surface area contributed by atoms with Crippen molar-refractivity contribution in [3.05, 3.63) is 81.8 Å². The zero-order valence-corrected chi connectivity index (χ0v) is 18.9. The van der Waals surface area contributed by atoms with Gasteiger partial charge < -0.3 is 9.30 Å². The normalized spacial score (nSPS) is 19.0. The largest absolute Gasteiger partial charge is 0.378 e.